The molecule has 6 nitrogen and oxygen atoms in total. The van der Waals surface area contributed by atoms with Crippen LogP contribution in [-0.4, -0.2) is 34.5 Å². The largest absolute Gasteiger partial charge is 0.451 e. The monoisotopic (exact) mass is 387 g/mol. The van der Waals surface area contributed by atoms with Gasteiger partial charge in [-0.1, -0.05) is 32.8 Å². The Labute approximate surface area is 163 Å². The topological polar surface area (TPSA) is 81.2 Å². The first kappa shape index (κ1) is 19.5. The minimum absolute atomic E-state index is 0.154. The summed E-state index contributed by atoms with van der Waals surface area (Å²) in [6.07, 6.45) is 4.98. The molecule has 1 aliphatic rings. The molecule has 2 aromatic rings. The van der Waals surface area contributed by atoms with Crippen LogP contribution in [0.25, 0.3) is 10.7 Å². The summed E-state index contributed by atoms with van der Waals surface area (Å²) in [5, 5.41) is 3.67. The number of esters is 1. The third kappa shape index (κ3) is 4.71. The van der Waals surface area contributed by atoms with Gasteiger partial charge in [-0.05, 0) is 37.3 Å². The number of amides is 1. The molecular weight excluding hydrogens is 362 g/mol. The lowest BCUT2D eigenvalue weighted by Gasteiger charge is -2.34. The second-order valence-corrected chi connectivity index (χ2v) is 8.17. The lowest BCUT2D eigenvalue weighted by Crippen LogP contribution is -2.45. The summed E-state index contributed by atoms with van der Waals surface area (Å²) >= 11 is 1.23. The molecule has 1 amide bonds. The Balaban J connectivity index is 1.56. The normalized spacial score (nSPS) is 22.3. The van der Waals surface area contributed by atoms with Crippen molar-refractivity contribution in [1.29, 1.82) is 0 Å². The molecule has 0 bridgehead atoms. The van der Waals surface area contributed by atoms with E-state index in [1.165, 1.54) is 17.8 Å². The lowest BCUT2D eigenvalue weighted by molar-refractivity contribution is -0.125. The van der Waals surface area contributed by atoms with E-state index >= 15 is 0 Å². The van der Waals surface area contributed by atoms with Gasteiger partial charge in [0.25, 0.3) is 5.91 Å². The highest BCUT2D eigenvalue weighted by Crippen LogP contribution is 2.29. The summed E-state index contributed by atoms with van der Waals surface area (Å²) < 4.78 is 5.22. The molecule has 3 rings (SSSR count). The summed E-state index contributed by atoms with van der Waals surface area (Å²) in [5.41, 5.74) is 1.29. The average molecular weight is 388 g/mol. The fraction of sp³-hybridized carbons (Fsp3) is 0.500. The molecule has 0 unspecified atom stereocenters. The molecule has 3 atom stereocenters. The van der Waals surface area contributed by atoms with Gasteiger partial charge in [-0.2, -0.15) is 0 Å². The van der Waals surface area contributed by atoms with Crippen molar-refractivity contribution in [3.63, 3.8) is 0 Å². The first-order valence-electron chi connectivity index (χ1n) is 9.31. The number of aryl methyl sites for hydroxylation is 1. The molecule has 1 saturated carbocycles. The molecule has 1 aliphatic carbocycles. The van der Waals surface area contributed by atoms with Crippen LogP contribution in [0.15, 0.2) is 24.4 Å². The number of hydrogen-bond acceptors (Lipinski definition) is 6. The summed E-state index contributed by atoms with van der Waals surface area (Å²) in [6.45, 7) is 5.87. The molecule has 0 spiro atoms. The van der Waals surface area contributed by atoms with E-state index in [4.69, 9.17) is 4.74 Å². The smallest absolute Gasteiger partial charge is 0.350 e. The van der Waals surface area contributed by atoms with Gasteiger partial charge in [0.15, 0.2) is 6.61 Å². The maximum atomic E-state index is 12.4. The van der Waals surface area contributed by atoms with Crippen molar-refractivity contribution in [2.45, 2.75) is 46.1 Å². The van der Waals surface area contributed by atoms with Crippen molar-refractivity contribution in [2.75, 3.05) is 6.61 Å². The molecule has 2 aromatic heterocycles. The number of nitrogens with zero attached hydrogens (tertiary/aromatic N) is 2. The predicted molar refractivity (Wildman–Crippen MR) is 104 cm³/mol. The maximum Gasteiger partial charge on any atom is 0.350 e. The van der Waals surface area contributed by atoms with E-state index in [9.17, 15) is 9.59 Å². The number of nitrogens with one attached hydrogen (secondary N) is 1. The van der Waals surface area contributed by atoms with Gasteiger partial charge in [0.1, 0.15) is 9.88 Å². The van der Waals surface area contributed by atoms with Gasteiger partial charge in [-0.25, -0.2) is 9.78 Å². The summed E-state index contributed by atoms with van der Waals surface area (Å²) in [6, 6.07) is 5.69. The van der Waals surface area contributed by atoms with Crippen LogP contribution in [0.4, 0.5) is 0 Å². The van der Waals surface area contributed by atoms with Gasteiger partial charge < -0.3 is 10.1 Å². The Morgan fingerprint density at radius 2 is 2.11 bits per heavy atom. The second kappa shape index (κ2) is 8.61. The quantitative estimate of drug-likeness (QED) is 0.793. The van der Waals surface area contributed by atoms with Gasteiger partial charge in [-0.15, -0.1) is 11.3 Å². The Bertz CT molecular complexity index is 806. The second-order valence-electron chi connectivity index (χ2n) is 7.17. The van der Waals surface area contributed by atoms with Crippen LogP contribution in [0.2, 0.25) is 0 Å². The van der Waals surface area contributed by atoms with E-state index in [0.29, 0.717) is 33.1 Å². The molecule has 0 aliphatic heterocycles. The molecule has 0 aromatic carbocycles. The van der Waals surface area contributed by atoms with Crippen molar-refractivity contribution in [3.05, 3.63) is 35.0 Å². The average Bonchev–Trinajstić information content (AvgIpc) is 3.06. The highest BCUT2D eigenvalue weighted by atomic mass is 32.1. The van der Waals surface area contributed by atoms with Crippen molar-refractivity contribution in [3.8, 4) is 10.7 Å². The van der Waals surface area contributed by atoms with Crippen LogP contribution < -0.4 is 5.32 Å². The Hall–Kier alpha value is -2.28. The van der Waals surface area contributed by atoms with Crippen molar-refractivity contribution in [2.24, 2.45) is 11.8 Å². The predicted octanol–water partition coefficient (Wildman–Crippen LogP) is 3.61. The van der Waals surface area contributed by atoms with Crippen LogP contribution in [0.1, 0.15) is 48.5 Å². The Kier molecular flexibility index (Phi) is 6.21. The molecule has 0 radical (unpaired) electrons. The molecule has 1 fully saturated rings. The zero-order chi connectivity index (χ0) is 19.4. The molecule has 27 heavy (non-hydrogen) atoms. The van der Waals surface area contributed by atoms with Crippen LogP contribution in [-0.2, 0) is 9.53 Å². The fourth-order valence-corrected chi connectivity index (χ4v) is 4.35. The number of rotatable bonds is 5. The van der Waals surface area contributed by atoms with Crippen molar-refractivity contribution in [1.82, 2.24) is 15.3 Å². The molecule has 1 N–H and O–H groups in total. The summed E-state index contributed by atoms with van der Waals surface area (Å²) in [5.74, 6) is 0.258. The number of carbonyl (C=O) groups excluding carboxylic acids is 2. The molecular formula is C20H25N3O3S. The maximum absolute atomic E-state index is 12.4. The van der Waals surface area contributed by atoms with E-state index in [-0.39, 0.29) is 18.6 Å². The molecule has 144 valence electrons. The highest BCUT2D eigenvalue weighted by Gasteiger charge is 2.28. The summed E-state index contributed by atoms with van der Waals surface area (Å²) in [7, 11) is 0. The number of thiazole rings is 1. The van der Waals surface area contributed by atoms with Crippen molar-refractivity contribution >= 4 is 23.2 Å². The summed E-state index contributed by atoms with van der Waals surface area (Å²) in [4.78, 5) is 33.6. The standard InChI is InChI=1S/C20H25N3O3S/c1-12-7-6-9-15(13(12)2)23-17(24)11-26-20(25)18-14(3)22-19(27-18)16-8-4-5-10-21-16/h4-5,8,10,12-13,15H,6-7,9,11H2,1-3H3,(H,23,24)/t12-,13+,15-/m1/s1. The van der Waals surface area contributed by atoms with Gasteiger partial charge in [0.2, 0.25) is 0 Å². The Morgan fingerprint density at radius 1 is 1.30 bits per heavy atom. The first-order valence-corrected chi connectivity index (χ1v) is 10.1. The van der Waals surface area contributed by atoms with E-state index < -0.39 is 5.97 Å². The van der Waals surface area contributed by atoms with Gasteiger partial charge >= 0.3 is 5.97 Å². The van der Waals surface area contributed by atoms with Gasteiger partial charge in [-0.3, -0.25) is 9.78 Å². The third-order valence-corrected chi connectivity index (χ3v) is 6.41. The number of aromatic nitrogens is 2. The van der Waals surface area contributed by atoms with Crippen LogP contribution in [0, 0.1) is 18.8 Å². The first-order chi connectivity index (χ1) is 13.0. The Morgan fingerprint density at radius 3 is 2.85 bits per heavy atom. The number of ether oxygens (including phenoxy) is 1. The van der Waals surface area contributed by atoms with Crippen LogP contribution in [0.5, 0.6) is 0 Å². The van der Waals surface area contributed by atoms with Crippen molar-refractivity contribution < 1.29 is 14.3 Å². The van der Waals surface area contributed by atoms with E-state index in [1.54, 1.807) is 13.1 Å². The highest BCUT2D eigenvalue weighted by molar-refractivity contribution is 7.17. The van der Waals surface area contributed by atoms with Crippen LogP contribution in [0.3, 0.4) is 0 Å². The van der Waals surface area contributed by atoms with E-state index in [2.05, 4.69) is 29.1 Å². The van der Waals surface area contributed by atoms with E-state index in [1.807, 2.05) is 18.2 Å². The molecule has 7 heteroatoms. The van der Waals surface area contributed by atoms with E-state index in [0.717, 1.165) is 12.8 Å². The minimum Gasteiger partial charge on any atom is -0.451 e. The number of pyridine rings is 1. The number of carbonyl (C=O) groups is 2. The fourth-order valence-electron chi connectivity index (χ4n) is 3.42. The zero-order valence-electron chi connectivity index (χ0n) is 15.9. The number of hydrogen-bond donors (Lipinski definition) is 1. The lowest BCUT2D eigenvalue weighted by atomic mass is 9.78. The van der Waals surface area contributed by atoms with Gasteiger partial charge in [0, 0.05) is 12.2 Å². The SMILES string of the molecule is Cc1nc(-c2ccccn2)sc1C(=O)OCC(=O)N[C@@H]1CCC[C@@H](C)[C@@H]1C. The molecule has 0 saturated heterocycles. The van der Waals surface area contributed by atoms with Crippen LogP contribution >= 0.6 is 11.3 Å². The third-order valence-electron chi connectivity index (χ3n) is 5.25. The minimum atomic E-state index is -0.521. The molecule has 2 heterocycles. The zero-order valence-corrected chi connectivity index (χ0v) is 16.7. The van der Waals surface area contributed by atoms with Gasteiger partial charge in [0.05, 0.1) is 11.4 Å².